The van der Waals surface area contributed by atoms with Gasteiger partial charge in [0.15, 0.2) is 0 Å². The van der Waals surface area contributed by atoms with Crippen LogP contribution >= 0.6 is 23.4 Å². The Bertz CT molecular complexity index is 783. The third-order valence-corrected chi connectivity index (χ3v) is 4.21. The summed E-state index contributed by atoms with van der Waals surface area (Å²) >= 11 is 6.99. The average Bonchev–Trinajstić information content (AvgIpc) is 2.89. The summed E-state index contributed by atoms with van der Waals surface area (Å²) in [7, 11) is 1.62. The molecule has 116 valence electrons. The summed E-state index contributed by atoms with van der Waals surface area (Å²) in [6, 6.07) is 14.7. The van der Waals surface area contributed by atoms with Crippen molar-refractivity contribution < 1.29 is 9.53 Å². The van der Waals surface area contributed by atoms with E-state index in [0.717, 1.165) is 33.7 Å². The molecule has 1 aliphatic heterocycles. The third-order valence-electron chi connectivity index (χ3n) is 3.14. The van der Waals surface area contributed by atoms with Gasteiger partial charge in [-0.05, 0) is 59.8 Å². The molecule has 0 radical (unpaired) electrons. The van der Waals surface area contributed by atoms with Gasteiger partial charge in [0.05, 0.1) is 17.7 Å². The first-order chi connectivity index (χ1) is 11.1. The number of nitrogens with zero attached hydrogens (tertiary/aromatic N) is 1. The maximum absolute atomic E-state index is 11.7. The zero-order valence-electron chi connectivity index (χ0n) is 12.2. The Kier molecular flexibility index (Phi) is 4.69. The summed E-state index contributed by atoms with van der Waals surface area (Å²) in [6.07, 6.45) is 1.91. The Morgan fingerprint density at radius 3 is 2.48 bits per heavy atom. The summed E-state index contributed by atoms with van der Waals surface area (Å²) in [5, 5.41) is 3.26. The van der Waals surface area contributed by atoms with E-state index in [9.17, 15) is 4.79 Å². The van der Waals surface area contributed by atoms with Crippen molar-refractivity contribution in [3.8, 4) is 5.75 Å². The Balaban J connectivity index is 1.90. The van der Waals surface area contributed by atoms with Crippen LogP contribution in [-0.4, -0.2) is 18.2 Å². The van der Waals surface area contributed by atoms with E-state index in [1.54, 1.807) is 31.4 Å². The number of carbonyl (C=O) groups is 1. The molecule has 1 heterocycles. The van der Waals surface area contributed by atoms with Crippen LogP contribution < -0.4 is 10.1 Å². The lowest BCUT2D eigenvalue weighted by atomic mass is 10.2. The van der Waals surface area contributed by atoms with Crippen LogP contribution in [0.25, 0.3) is 6.08 Å². The van der Waals surface area contributed by atoms with Crippen LogP contribution in [0.15, 0.2) is 58.4 Å². The number of hydrogen-bond donors (Lipinski definition) is 1. The normalized spacial score (nSPS) is 17.6. The predicted molar refractivity (Wildman–Crippen MR) is 95.6 cm³/mol. The Labute approximate surface area is 143 Å². The number of amidine groups is 1. The minimum atomic E-state index is -0.141. The zero-order valence-corrected chi connectivity index (χ0v) is 13.8. The van der Waals surface area contributed by atoms with Gasteiger partial charge in [-0.3, -0.25) is 4.79 Å². The molecule has 1 aliphatic rings. The molecule has 3 rings (SSSR count). The molecule has 23 heavy (non-hydrogen) atoms. The first-order valence-electron chi connectivity index (χ1n) is 6.83. The molecule has 6 heteroatoms. The smallest absolute Gasteiger partial charge is 0.289 e. The third kappa shape index (κ3) is 3.94. The van der Waals surface area contributed by atoms with Gasteiger partial charge < -0.3 is 10.1 Å². The lowest BCUT2D eigenvalue weighted by Crippen LogP contribution is -2.18. The number of halogens is 1. The number of benzene rings is 2. The van der Waals surface area contributed by atoms with Crippen molar-refractivity contribution in [2.75, 3.05) is 7.11 Å². The largest absolute Gasteiger partial charge is 0.497 e. The molecule has 1 amide bonds. The summed E-state index contributed by atoms with van der Waals surface area (Å²) in [5.41, 5.74) is 1.70. The van der Waals surface area contributed by atoms with Crippen molar-refractivity contribution in [1.29, 1.82) is 0 Å². The lowest BCUT2D eigenvalue weighted by molar-refractivity contribution is 0.265. The zero-order chi connectivity index (χ0) is 16.2. The maximum atomic E-state index is 11.7. The van der Waals surface area contributed by atoms with Crippen molar-refractivity contribution in [1.82, 2.24) is 5.32 Å². The standard InChI is InChI=1S/C17H13ClN2O2S/c1-22-14-8-2-11(3-9-14)10-15-16(20-17(21)23-15)19-13-6-4-12(18)5-7-13/h2-10H,1H3,(H,19,20,21)/b15-10-. The van der Waals surface area contributed by atoms with Gasteiger partial charge >= 0.3 is 0 Å². The molecule has 1 saturated heterocycles. The van der Waals surface area contributed by atoms with Gasteiger partial charge in [0.1, 0.15) is 11.6 Å². The fourth-order valence-corrected chi connectivity index (χ4v) is 2.87. The predicted octanol–water partition coefficient (Wildman–Crippen LogP) is 4.88. The van der Waals surface area contributed by atoms with E-state index in [1.807, 2.05) is 30.3 Å². The molecule has 0 bridgehead atoms. The molecule has 0 spiro atoms. The number of methoxy groups -OCH3 is 1. The summed E-state index contributed by atoms with van der Waals surface area (Å²) in [5.74, 6) is 1.33. The van der Waals surface area contributed by atoms with Crippen molar-refractivity contribution >= 4 is 46.2 Å². The summed E-state index contributed by atoms with van der Waals surface area (Å²) < 4.78 is 5.14. The highest BCUT2D eigenvalue weighted by atomic mass is 35.5. The summed E-state index contributed by atoms with van der Waals surface area (Å²) in [6.45, 7) is 0. The van der Waals surface area contributed by atoms with Gasteiger partial charge in [-0.1, -0.05) is 23.7 Å². The van der Waals surface area contributed by atoms with Crippen molar-refractivity contribution in [2.45, 2.75) is 0 Å². The van der Waals surface area contributed by atoms with Gasteiger partial charge in [-0.25, -0.2) is 4.99 Å². The van der Waals surface area contributed by atoms with E-state index in [0.29, 0.717) is 10.9 Å². The number of thioether (sulfide) groups is 1. The van der Waals surface area contributed by atoms with E-state index in [4.69, 9.17) is 16.3 Å². The van der Waals surface area contributed by atoms with Crippen LogP contribution in [0.3, 0.4) is 0 Å². The molecule has 1 N–H and O–H groups in total. The highest BCUT2D eigenvalue weighted by molar-refractivity contribution is 8.18. The Morgan fingerprint density at radius 1 is 1.13 bits per heavy atom. The van der Waals surface area contributed by atoms with E-state index < -0.39 is 0 Å². The molecule has 1 fully saturated rings. The Morgan fingerprint density at radius 2 is 1.83 bits per heavy atom. The SMILES string of the molecule is COc1ccc(/C=C2\SC(=O)NC2=Nc2ccc(Cl)cc2)cc1. The average molecular weight is 345 g/mol. The van der Waals surface area contributed by atoms with Crippen molar-refractivity contribution in [3.05, 3.63) is 64.0 Å². The van der Waals surface area contributed by atoms with Crippen LogP contribution in [-0.2, 0) is 0 Å². The van der Waals surface area contributed by atoms with E-state index >= 15 is 0 Å². The lowest BCUT2D eigenvalue weighted by Gasteiger charge is -2.02. The fourth-order valence-electron chi connectivity index (χ4n) is 2.01. The van der Waals surface area contributed by atoms with Crippen LogP contribution in [0.5, 0.6) is 5.75 Å². The van der Waals surface area contributed by atoms with Crippen molar-refractivity contribution in [3.63, 3.8) is 0 Å². The van der Waals surface area contributed by atoms with Crippen LogP contribution in [0.4, 0.5) is 10.5 Å². The highest BCUT2D eigenvalue weighted by Crippen LogP contribution is 2.29. The number of nitrogens with one attached hydrogen (secondary N) is 1. The molecule has 0 saturated carbocycles. The quantitative estimate of drug-likeness (QED) is 0.863. The molecule has 2 aromatic rings. The molecular weight excluding hydrogens is 332 g/mol. The van der Waals surface area contributed by atoms with E-state index in [2.05, 4.69) is 10.3 Å². The number of hydrogen-bond acceptors (Lipinski definition) is 4. The van der Waals surface area contributed by atoms with Crippen LogP contribution in [0, 0.1) is 0 Å². The monoisotopic (exact) mass is 344 g/mol. The molecule has 0 atom stereocenters. The number of ether oxygens (including phenoxy) is 1. The number of rotatable bonds is 3. The van der Waals surface area contributed by atoms with Gasteiger partial charge in [-0.2, -0.15) is 0 Å². The molecule has 0 unspecified atom stereocenters. The number of amides is 1. The molecule has 4 nitrogen and oxygen atoms in total. The van der Waals surface area contributed by atoms with Crippen molar-refractivity contribution in [2.24, 2.45) is 4.99 Å². The second kappa shape index (κ2) is 6.89. The number of carbonyl (C=O) groups excluding carboxylic acids is 1. The van der Waals surface area contributed by atoms with Crippen LogP contribution in [0.2, 0.25) is 5.02 Å². The Hall–Kier alpha value is -2.24. The van der Waals surface area contributed by atoms with Crippen LogP contribution in [0.1, 0.15) is 5.56 Å². The maximum Gasteiger partial charge on any atom is 0.289 e. The first kappa shape index (κ1) is 15.6. The molecule has 0 aromatic heterocycles. The van der Waals surface area contributed by atoms with Gasteiger partial charge in [0.25, 0.3) is 5.24 Å². The van der Waals surface area contributed by atoms with Gasteiger partial charge in [-0.15, -0.1) is 0 Å². The second-order valence-corrected chi connectivity index (χ2v) is 6.18. The summed E-state index contributed by atoms with van der Waals surface area (Å²) in [4.78, 5) is 16.9. The van der Waals surface area contributed by atoms with Gasteiger partial charge in [0.2, 0.25) is 0 Å². The highest BCUT2D eigenvalue weighted by Gasteiger charge is 2.23. The molecule has 0 aliphatic carbocycles. The second-order valence-electron chi connectivity index (χ2n) is 4.73. The molecular formula is C17H13ClN2O2S. The van der Waals surface area contributed by atoms with E-state index in [1.165, 1.54) is 0 Å². The first-order valence-corrected chi connectivity index (χ1v) is 8.03. The number of aliphatic imine (C=N–C) groups is 1. The van der Waals surface area contributed by atoms with E-state index in [-0.39, 0.29) is 5.24 Å². The topological polar surface area (TPSA) is 50.7 Å². The van der Waals surface area contributed by atoms with Gasteiger partial charge in [0, 0.05) is 5.02 Å². The minimum Gasteiger partial charge on any atom is -0.497 e. The minimum absolute atomic E-state index is 0.141. The molecule has 2 aromatic carbocycles. The fraction of sp³-hybridized carbons (Fsp3) is 0.0588.